The van der Waals surface area contributed by atoms with E-state index >= 15 is 0 Å². The lowest BCUT2D eigenvalue weighted by atomic mass is 10.3. The number of anilines is 1. The summed E-state index contributed by atoms with van der Waals surface area (Å²) in [6.07, 6.45) is 0.138. The van der Waals surface area contributed by atoms with E-state index in [1.54, 1.807) is 24.3 Å². The molecule has 1 aromatic rings. The maximum Gasteiger partial charge on any atom is 0.313 e. The van der Waals surface area contributed by atoms with Gasteiger partial charge in [-0.15, -0.1) is 11.8 Å². The largest absolute Gasteiger partial charge is 0.493 e. The summed E-state index contributed by atoms with van der Waals surface area (Å²) in [5.41, 5.74) is 5.57. The van der Waals surface area contributed by atoms with E-state index in [0.29, 0.717) is 11.4 Å². The third-order valence-electron chi connectivity index (χ3n) is 2.21. The van der Waals surface area contributed by atoms with Crippen LogP contribution in [0.1, 0.15) is 6.42 Å². The highest BCUT2D eigenvalue weighted by Crippen LogP contribution is 2.16. The number of amides is 2. The van der Waals surface area contributed by atoms with Gasteiger partial charge in [0.25, 0.3) is 0 Å². The molecule has 1 aromatic carbocycles. The number of aliphatic carboxylic acids is 1. The SMILES string of the molecule is NC(=O)CCOc1ccc(NC(=O)CSCC(=O)O)cc1. The zero-order chi connectivity index (χ0) is 15.7. The lowest BCUT2D eigenvalue weighted by Gasteiger charge is -2.07. The molecule has 0 aliphatic carbocycles. The van der Waals surface area contributed by atoms with Crippen LogP contribution in [0.2, 0.25) is 0 Å². The van der Waals surface area contributed by atoms with E-state index in [0.717, 1.165) is 11.8 Å². The number of rotatable bonds is 9. The molecular weight excluding hydrogens is 296 g/mol. The van der Waals surface area contributed by atoms with Gasteiger partial charge in [-0.2, -0.15) is 0 Å². The van der Waals surface area contributed by atoms with E-state index in [2.05, 4.69) is 5.32 Å². The number of thioether (sulfide) groups is 1. The average Bonchev–Trinajstić information content (AvgIpc) is 2.40. The van der Waals surface area contributed by atoms with Gasteiger partial charge in [-0.3, -0.25) is 14.4 Å². The third-order valence-corrected chi connectivity index (χ3v) is 3.13. The first kappa shape index (κ1) is 16.8. The fourth-order valence-electron chi connectivity index (χ4n) is 1.33. The van der Waals surface area contributed by atoms with Crippen LogP contribution in [0.25, 0.3) is 0 Å². The van der Waals surface area contributed by atoms with Gasteiger partial charge in [0.1, 0.15) is 5.75 Å². The van der Waals surface area contributed by atoms with Crippen LogP contribution in [0, 0.1) is 0 Å². The molecule has 0 atom stereocenters. The Morgan fingerprint density at radius 2 is 1.86 bits per heavy atom. The minimum atomic E-state index is -0.953. The maximum absolute atomic E-state index is 11.5. The fourth-order valence-corrected chi connectivity index (χ4v) is 1.87. The molecule has 0 bridgehead atoms. The standard InChI is InChI=1S/C13H16N2O5S/c14-11(16)5-6-20-10-3-1-9(2-4-10)15-12(17)7-21-8-13(18)19/h1-4H,5-8H2,(H2,14,16)(H,15,17)(H,18,19). The summed E-state index contributed by atoms with van der Waals surface area (Å²) < 4.78 is 5.29. The van der Waals surface area contributed by atoms with E-state index in [-0.39, 0.29) is 30.4 Å². The molecule has 114 valence electrons. The van der Waals surface area contributed by atoms with Gasteiger partial charge in [-0.05, 0) is 24.3 Å². The van der Waals surface area contributed by atoms with Crippen molar-refractivity contribution < 1.29 is 24.2 Å². The van der Waals surface area contributed by atoms with Crippen molar-refractivity contribution in [2.45, 2.75) is 6.42 Å². The Bertz CT molecular complexity index is 504. The third kappa shape index (κ3) is 7.83. The molecule has 4 N–H and O–H groups in total. The van der Waals surface area contributed by atoms with Crippen molar-refractivity contribution in [2.75, 3.05) is 23.4 Å². The minimum Gasteiger partial charge on any atom is -0.493 e. The number of carboxylic acid groups (broad SMARTS) is 1. The number of primary amides is 1. The minimum absolute atomic E-state index is 0.0726. The molecule has 0 fully saturated rings. The lowest BCUT2D eigenvalue weighted by molar-refractivity contribution is -0.133. The van der Waals surface area contributed by atoms with Crippen LogP contribution in [0.3, 0.4) is 0 Å². The summed E-state index contributed by atoms with van der Waals surface area (Å²) in [6, 6.07) is 6.61. The lowest BCUT2D eigenvalue weighted by Crippen LogP contribution is -2.15. The number of nitrogens with two attached hydrogens (primary N) is 1. The Hall–Kier alpha value is -2.22. The smallest absolute Gasteiger partial charge is 0.313 e. The first-order valence-electron chi connectivity index (χ1n) is 6.08. The number of carbonyl (C=O) groups excluding carboxylic acids is 2. The number of hydrogen-bond acceptors (Lipinski definition) is 5. The van der Waals surface area contributed by atoms with E-state index < -0.39 is 11.9 Å². The first-order valence-corrected chi connectivity index (χ1v) is 7.23. The molecule has 0 saturated heterocycles. The summed E-state index contributed by atoms with van der Waals surface area (Å²) in [5, 5.41) is 11.1. The molecule has 21 heavy (non-hydrogen) atoms. The predicted octanol–water partition coefficient (Wildman–Crippen LogP) is 0.697. The quantitative estimate of drug-likeness (QED) is 0.617. The molecule has 0 aliphatic heterocycles. The Morgan fingerprint density at radius 1 is 1.19 bits per heavy atom. The second-order valence-electron chi connectivity index (χ2n) is 4.02. The van der Waals surface area contributed by atoms with Crippen molar-refractivity contribution in [3.8, 4) is 5.75 Å². The average molecular weight is 312 g/mol. The van der Waals surface area contributed by atoms with Crippen molar-refractivity contribution in [2.24, 2.45) is 5.73 Å². The van der Waals surface area contributed by atoms with Gasteiger partial charge in [0, 0.05) is 5.69 Å². The van der Waals surface area contributed by atoms with Crippen molar-refractivity contribution in [1.29, 1.82) is 0 Å². The van der Waals surface area contributed by atoms with Crippen LogP contribution in [0.15, 0.2) is 24.3 Å². The maximum atomic E-state index is 11.5. The first-order chi connectivity index (χ1) is 9.97. The molecule has 0 radical (unpaired) electrons. The normalized spacial score (nSPS) is 9.90. The summed E-state index contributed by atoms with van der Waals surface area (Å²) in [4.78, 5) is 32.4. The molecule has 1 rings (SSSR count). The van der Waals surface area contributed by atoms with E-state index in [9.17, 15) is 14.4 Å². The zero-order valence-electron chi connectivity index (χ0n) is 11.2. The number of benzene rings is 1. The molecule has 7 nitrogen and oxygen atoms in total. The van der Waals surface area contributed by atoms with Gasteiger partial charge in [0.15, 0.2) is 0 Å². The van der Waals surface area contributed by atoms with E-state index in [4.69, 9.17) is 15.6 Å². The molecule has 0 aromatic heterocycles. The number of hydrogen-bond donors (Lipinski definition) is 3. The summed E-state index contributed by atoms with van der Waals surface area (Å²) in [5.74, 6) is -1.13. The monoisotopic (exact) mass is 312 g/mol. The Labute approximate surface area is 125 Å². The van der Waals surface area contributed by atoms with Crippen molar-refractivity contribution in [3.63, 3.8) is 0 Å². The van der Waals surface area contributed by atoms with Crippen molar-refractivity contribution in [3.05, 3.63) is 24.3 Å². The number of ether oxygens (including phenoxy) is 1. The zero-order valence-corrected chi connectivity index (χ0v) is 12.0. The summed E-state index contributed by atoms with van der Waals surface area (Å²) in [7, 11) is 0. The second-order valence-corrected chi connectivity index (χ2v) is 5.01. The molecule has 0 saturated carbocycles. The molecular formula is C13H16N2O5S. The van der Waals surface area contributed by atoms with Crippen LogP contribution >= 0.6 is 11.8 Å². The van der Waals surface area contributed by atoms with E-state index in [1.165, 1.54) is 0 Å². The molecule has 0 heterocycles. The molecule has 0 aliphatic rings. The van der Waals surface area contributed by atoms with Gasteiger partial charge < -0.3 is 20.9 Å². The summed E-state index contributed by atoms with van der Waals surface area (Å²) in [6.45, 7) is 0.201. The highest BCUT2D eigenvalue weighted by Gasteiger charge is 2.05. The van der Waals surface area contributed by atoms with Crippen LogP contribution in [-0.4, -0.2) is 41.0 Å². The van der Waals surface area contributed by atoms with Crippen LogP contribution in [0.4, 0.5) is 5.69 Å². The molecule has 2 amide bonds. The van der Waals surface area contributed by atoms with Gasteiger partial charge in [-0.1, -0.05) is 0 Å². The summed E-state index contributed by atoms with van der Waals surface area (Å²) >= 11 is 1.03. The number of nitrogens with one attached hydrogen (secondary N) is 1. The highest BCUT2D eigenvalue weighted by molar-refractivity contribution is 8.00. The highest BCUT2D eigenvalue weighted by atomic mass is 32.2. The van der Waals surface area contributed by atoms with E-state index in [1.807, 2.05) is 0 Å². The van der Waals surface area contributed by atoms with Crippen LogP contribution in [-0.2, 0) is 14.4 Å². The van der Waals surface area contributed by atoms with Gasteiger partial charge in [-0.25, -0.2) is 0 Å². The second kappa shape index (κ2) is 8.85. The van der Waals surface area contributed by atoms with Gasteiger partial charge in [0.2, 0.25) is 11.8 Å². The molecule has 0 spiro atoms. The van der Waals surface area contributed by atoms with Crippen LogP contribution in [0.5, 0.6) is 5.75 Å². The van der Waals surface area contributed by atoms with Crippen LogP contribution < -0.4 is 15.8 Å². The van der Waals surface area contributed by atoms with Crippen molar-refractivity contribution >= 4 is 35.2 Å². The topological polar surface area (TPSA) is 119 Å². The van der Waals surface area contributed by atoms with Crippen molar-refractivity contribution in [1.82, 2.24) is 0 Å². The fraction of sp³-hybridized carbons (Fsp3) is 0.308. The molecule has 8 heteroatoms. The Kier molecular flexibility index (Phi) is 7.10. The Balaban J connectivity index is 2.34. The predicted molar refractivity (Wildman–Crippen MR) is 79.3 cm³/mol. The Morgan fingerprint density at radius 3 is 2.43 bits per heavy atom. The van der Waals surface area contributed by atoms with Gasteiger partial charge >= 0.3 is 5.97 Å². The number of carbonyl (C=O) groups is 3. The van der Waals surface area contributed by atoms with Gasteiger partial charge in [0.05, 0.1) is 24.5 Å². The molecule has 0 unspecified atom stereocenters. The number of carboxylic acids is 1.